The number of nitrogens with one attached hydrogen (secondary N) is 2. The number of rotatable bonds is 5. The van der Waals surface area contributed by atoms with Gasteiger partial charge in [0.2, 0.25) is 5.95 Å². The highest BCUT2D eigenvalue weighted by Gasteiger charge is 2.11. The van der Waals surface area contributed by atoms with Gasteiger partial charge < -0.3 is 0 Å². The standard InChI is InChI=1S/C18H19ClN6O/c1-11-8-17(26)22-18(21-11)23-20-9-15-12(2)24-25(13(15)3)10-14-6-4-5-7-16(14)19/h4-9H,10H2,1-3H3,(H2,21,22,23,26)/b20-9-. The molecular formula is C18H19ClN6O. The summed E-state index contributed by atoms with van der Waals surface area (Å²) in [5, 5.41) is 9.45. The summed E-state index contributed by atoms with van der Waals surface area (Å²) >= 11 is 6.24. The van der Waals surface area contributed by atoms with E-state index in [-0.39, 0.29) is 5.56 Å². The average molecular weight is 371 g/mol. The number of aromatic nitrogens is 4. The van der Waals surface area contributed by atoms with Crippen LogP contribution in [-0.2, 0) is 6.54 Å². The predicted octanol–water partition coefficient (Wildman–Crippen LogP) is 3.04. The number of aromatic amines is 1. The molecule has 0 saturated carbocycles. The van der Waals surface area contributed by atoms with E-state index < -0.39 is 0 Å². The van der Waals surface area contributed by atoms with Gasteiger partial charge in [0.25, 0.3) is 5.56 Å². The van der Waals surface area contributed by atoms with Crippen LogP contribution in [-0.4, -0.2) is 26.0 Å². The fraction of sp³-hybridized carbons (Fsp3) is 0.222. The van der Waals surface area contributed by atoms with Gasteiger partial charge >= 0.3 is 0 Å². The summed E-state index contributed by atoms with van der Waals surface area (Å²) in [6, 6.07) is 9.12. The maximum atomic E-state index is 11.4. The zero-order chi connectivity index (χ0) is 18.7. The molecule has 0 amide bonds. The molecule has 26 heavy (non-hydrogen) atoms. The first-order valence-electron chi connectivity index (χ1n) is 8.08. The Hall–Kier alpha value is -2.93. The van der Waals surface area contributed by atoms with Crippen molar-refractivity contribution in [3.63, 3.8) is 0 Å². The zero-order valence-corrected chi connectivity index (χ0v) is 15.5. The number of H-pyrrole nitrogens is 1. The third kappa shape index (κ3) is 4.00. The van der Waals surface area contributed by atoms with E-state index in [0.29, 0.717) is 23.2 Å². The average Bonchev–Trinajstić information content (AvgIpc) is 2.83. The Morgan fingerprint density at radius 2 is 2.08 bits per heavy atom. The molecule has 134 valence electrons. The van der Waals surface area contributed by atoms with Crippen LogP contribution >= 0.6 is 11.6 Å². The smallest absolute Gasteiger partial charge is 0.252 e. The first-order chi connectivity index (χ1) is 12.4. The van der Waals surface area contributed by atoms with Crippen LogP contribution in [0.2, 0.25) is 5.02 Å². The second kappa shape index (κ2) is 7.53. The summed E-state index contributed by atoms with van der Waals surface area (Å²) in [5.41, 5.74) is 6.86. The fourth-order valence-corrected chi connectivity index (χ4v) is 2.83. The van der Waals surface area contributed by atoms with Crippen molar-refractivity contribution in [2.75, 3.05) is 5.43 Å². The zero-order valence-electron chi connectivity index (χ0n) is 14.7. The lowest BCUT2D eigenvalue weighted by Crippen LogP contribution is -2.10. The van der Waals surface area contributed by atoms with E-state index >= 15 is 0 Å². The molecule has 0 aliphatic carbocycles. The molecule has 1 aromatic carbocycles. The lowest BCUT2D eigenvalue weighted by Gasteiger charge is -2.06. The molecule has 8 heteroatoms. The quantitative estimate of drug-likeness (QED) is 0.533. The number of benzene rings is 1. The first kappa shape index (κ1) is 17.9. The largest absolute Gasteiger partial charge is 0.291 e. The molecule has 0 aliphatic rings. The van der Waals surface area contributed by atoms with Crippen LogP contribution in [0.3, 0.4) is 0 Å². The van der Waals surface area contributed by atoms with Gasteiger partial charge in [0, 0.05) is 28.0 Å². The fourth-order valence-electron chi connectivity index (χ4n) is 2.63. The van der Waals surface area contributed by atoms with Gasteiger partial charge in [0.1, 0.15) is 0 Å². The van der Waals surface area contributed by atoms with Gasteiger partial charge in [-0.3, -0.25) is 14.5 Å². The number of hydrazone groups is 1. The van der Waals surface area contributed by atoms with Gasteiger partial charge in [-0.1, -0.05) is 29.8 Å². The number of nitrogens with zero attached hydrogens (tertiary/aromatic N) is 4. The normalized spacial score (nSPS) is 11.2. The van der Waals surface area contributed by atoms with Gasteiger partial charge in [0.05, 0.1) is 18.5 Å². The predicted molar refractivity (Wildman–Crippen MR) is 103 cm³/mol. The second-order valence-electron chi connectivity index (χ2n) is 5.94. The minimum absolute atomic E-state index is 0.227. The first-order valence-corrected chi connectivity index (χ1v) is 8.46. The SMILES string of the molecule is Cc1cc(=O)[nH]c(N/N=C\c2c(C)nn(Cc3ccccc3Cl)c2C)n1. The minimum atomic E-state index is -0.227. The Bertz CT molecular complexity index is 1020. The molecule has 0 atom stereocenters. The van der Waals surface area contributed by atoms with Gasteiger partial charge in [-0.2, -0.15) is 10.2 Å². The molecular weight excluding hydrogens is 352 g/mol. The summed E-state index contributed by atoms with van der Waals surface area (Å²) in [6.07, 6.45) is 1.67. The van der Waals surface area contributed by atoms with Crippen LogP contribution in [0.1, 0.15) is 28.2 Å². The molecule has 2 N–H and O–H groups in total. The highest BCUT2D eigenvalue weighted by molar-refractivity contribution is 6.31. The number of anilines is 1. The molecule has 0 unspecified atom stereocenters. The van der Waals surface area contributed by atoms with Crippen LogP contribution in [0.25, 0.3) is 0 Å². The topological polar surface area (TPSA) is 88.0 Å². The molecule has 2 heterocycles. The number of hydrogen-bond donors (Lipinski definition) is 2. The van der Waals surface area contributed by atoms with E-state index in [4.69, 9.17) is 11.6 Å². The number of halogens is 1. The molecule has 3 aromatic rings. The summed E-state index contributed by atoms with van der Waals surface area (Å²) in [7, 11) is 0. The summed E-state index contributed by atoms with van der Waals surface area (Å²) < 4.78 is 1.89. The lowest BCUT2D eigenvalue weighted by molar-refractivity contribution is 0.659. The van der Waals surface area contributed by atoms with Crippen molar-refractivity contribution >= 4 is 23.8 Å². The molecule has 0 fully saturated rings. The minimum Gasteiger partial charge on any atom is -0.291 e. The van der Waals surface area contributed by atoms with Crippen LogP contribution < -0.4 is 11.0 Å². The van der Waals surface area contributed by atoms with Crippen LogP contribution in [0.4, 0.5) is 5.95 Å². The van der Waals surface area contributed by atoms with Crippen molar-refractivity contribution in [1.29, 1.82) is 0 Å². The molecule has 0 bridgehead atoms. The molecule has 0 spiro atoms. The Balaban J connectivity index is 1.79. The molecule has 3 rings (SSSR count). The molecule has 0 radical (unpaired) electrons. The Labute approximate surface area is 155 Å². The van der Waals surface area contributed by atoms with E-state index in [0.717, 1.165) is 22.5 Å². The summed E-state index contributed by atoms with van der Waals surface area (Å²) in [6.45, 7) is 6.23. The maximum absolute atomic E-state index is 11.4. The van der Waals surface area contributed by atoms with Crippen molar-refractivity contribution in [2.24, 2.45) is 5.10 Å². The monoisotopic (exact) mass is 370 g/mol. The molecule has 7 nitrogen and oxygen atoms in total. The van der Waals surface area contributed by atoms with Crippen molar-refractivity contribution < 1.29 is 0 Å². The van der Waals surface area contributed by atoms with E-state index in [2.05, 4.69) is 25.6 Å². The van der Waals surface area contributed by atoms with Crippen molar-refractivity contribution in [1.82, 2.24) is 19.7 Å². The van der Waals surface area contributed by atoms with Crippen LogP contribution in [0, 0.1) is 20.8 Å². The van der Waals surface area contributed by atoms with Gasteiger partial charge in [-0.25, -0.2) is 10.4 Å². The Morgan fingerprint density at radius 1 is 1.31 bits per heavy atom. The lowest BCUT2D eigenvalue weighted by atomic mass is 10.2. The van der Waals surface area contributed by atoms with E-state index in [9.17, 15) is 4.79 Å². The number of aryl methyl sites for hydroxylation is 2. The van der Waals surface area contributed by atoms with Gasteiger partial charge in [-0.15, -0.1) is 0 Å². The Morgan fingerprint density at radius 3 is 2.81 bits per heavy atom. The van der Waals surface area contributed by atoms with Crippen LogP contribution in [0.5, 0.6) is 0 Å². The van der Waals surface area contributed by atoms with E-state index in [1.54, 1.807) is 13.1 Å². The Kier molecular flexibility index (Phi) is 5.18. The van der Waals surface area contributed by atoms with Gasteiger partial charge in [-0.05, 0) is 32.4 Å². The number of hydrogen-bond acceptors (Lipinski definition) is 5. The summed E-state index contributed by atoms with van der Waals surface area (Å²) in [4.78, 5) is 18.2. The van der Waals surface area contributed by atoms with E-state index in [1.165, 1.54) is 6.07 Å². The molecule has 0 saturated heterocycles. The summed E-state index contributed by atoms with van der Waals surface area (Å²) in [5.74, 6) is 0.296. The third-order valence-electron chi connectivity index (χ3n) is 3.95. The van der Waals surface area contributed by atoms with Crippen molar-refractivity contribution in [3.8, 4) is 0 Å². The second-order valence-corrected chi connectivity index (χ2v) is 6.35. The third-order valence-corrected chi connectivity index (χ3v) is 4.32. The van der Waals surface area contributed by atoms with Crippen LogP contribution in [0.15, 0.2) is 40.2 Å². The molecule has 0 aliphatic heterocycles. The van der Waals surface area contributed by atoms with Crippen molar-refractivity contribution in [2.45, 2.75) is 27.3 Å². The maximum Gasteiger partial charge on any atom is 0.252 e. The van der Waals surface area contributed by atoms with Gasteiger partial charge in [0.15, 0.2) is 0 Å². The highest BCUT2D eigenvalue weighted by atomic mass is 35.5. The van der Waals surface area contributed by atoms with Crippen molar-refractivity contribution in [3.05, 3.63) is 73.9 Å². The van der Waals surface area contributed by atoms with E-state index in [1.807, 2.05) is 42.8 Å². The highest BCUT2D eigenvalue weighted by Crippen LogP contribution is 2.18. The molecule has 2 aromatic heterocycles.